The predicted molar refractivity (Wildman–Crippen MR) is 61.0 cm³/mol. The highest BCUT2D eigenvalue weighted by atomic mass is 16.2. The van der Waals surface area contributed by atoms with Crippen LogP contribution in [0.2, 0.25) is 0 Å². The normalized spacial score (nSPS) is 17.1. The first kappa shape index (κ1) is 11.6. The van der Waals surface area contributed by atoms with E-state index in [1.807, 2.05) is 0 Å². The van der Waals surface area contributed by atoms with Gasteiger partial charge in [-0.1, -0.05) is 0 Å². The molecule has 1 aromatic rings. The van der Waals surface area contributed by atoms with Crippen LogP contribution in [-0.2, 0) is 11.8 Å². The molecule has 1 aliphatic rings. The number of hydrogen-bond donors (Lipinski definition) is 1. The average Bonchev–Trinajstić information content (AvgIpc) is 2.75. The van der Waals surface area contributed by atoms with E-state index in [2.05, 4.69) is 5.10 Å². The molecule has 0 saturated carbocycles. The van der Waals surface area contributed by atoms with Crippen LogP contribution in [0.1, 0.15) is 23.2 Å². The Morgan fingerprint density at radius 2 is 2.06 bits per heavy atom. The van der Waals surface area contributed by atoms with Gasteiger partial charge in [-0.05, 0) is 12.8 Å². The van der Waals surface area contributed by atoms with Crippen LogP contribution in [0.3, 0.4) is 0 Å². The molecule has 1 aromatic heterocycles. The number of aromatic nitrogens is 2. The van der Waals surface area contributed by atoms with Gasteiger partial charge in [-0.2, -0.15) is 5.10 Å². The van der Waals surface area contributed by atoms with Crippen molar-refractivity contribution >= 4 is 11.8 Å². The highest BCUT2D eigenvalue weighted by molar-refractivity contribution is 5.93. The summed E-state index contributed by atoms with van der Waals surface area (Å²) in [7, 11) is 1.77. The lowest BCUT2D eigenvalue weighted by Crippen LogP contribution is -2.41. The number of carbonyl (C=O) groups excluding carboxylic acids is 2. The number of hydrogen-bond acceptors (Lipinski definition) is 3. The fourth-order valence-corrected chi connectivity index (χ4v) is 2.08. The van der Waals surface area contributed by atoms with Gasteiger partial charge >= 0.3 is 0 Å². The third-order valence-electron chi connectivity index (χ3n) is 3.14. The van der Waals surface area contributed by atoms with Crippen LogP contribution in [0.25, 0.3) is 0 Å². The maximum Gasteiger partial charge on any atom is 0.257 e. The zero-order valence-corrected chi connectivity index (χ0v) is 9.80. The number of nitrogens with zero attached hydrogens (tertiary/aromatic N) is 3. The Bertz CT molecular complexity index is 432. The van der Waals surface area contributed by atoms with E-state index in [-0.39, 0.29) is 17.7 Å². The van der Waals surface area contributed by atoms with E-state index in [0.717, 1.165) is 0 Å². The molecule has 2 heterocycles. The molecule has 1 saturated heterocycles. The second-order valence-corrected chi connectivity index (χ2v) is 4.37. The van der Waals surface area contributed by atoms with Crippen molar-refractivity contribution in [3.05, 3.63) is 18.0 Å². The Morgan fingerprint density at radius 3 is 2.53 bits per heavy atom. The quantitative estimate of drug-likeness (QED) is 0.769. The number of likely N-dealkylation sites (tertiary alicyclic amines) is 1. The first-order chi connectivity index (χ1) is 8.08. The molecule has 0 aromatic carbocycles. The molecular weight excluding hydrogens is 220 g/mol. The summed E-state index contributed by atoms with van der Waals surface area (Å²) in [6.45, 7) is 1.17. The summed E-state index contributed by atoms with van der Waals surface area (Å²) in [6.07, 6.45) is 4.56. The summed E-state index contributed by atoms with van der Waals surface area (Å²) in [5.41, 5.74) is 5.84. The Kier molecular flexibility index (Phi) is 3.12. The molecular formula is C11H16N4O2. The van der Waals surface area contributed by atoms with Gasteiger partial charge in [0.25, 0.3) is 5.91 Å². The van der Waals surface area contributed by atoms with Crippen LogP contribution in [-0.4, -0.2) is 39.6 Å². The number of amides is 2. The molecule has 1 aliphatic heterocycles. The monoisotopic (exact) mass is 236 g/mol. The van der Waals surface area contributed by atoms with Crippen molar-refractivity contribution in [2.75, 3.05) is 13.1 Å². The zero-order chi connectivity index (χ0) is 12.4. The summed E-state index contributed by atoms with van der Waals surface area (Å²) in [6, 6.07) is 0. The minimum Gasteiger partial charge on any atom is -0.369 e. The van der Waals surface area contributed by atoms with Crippen LogP contribution in [0.4, 0.5) is 0 Å². The number of primary amides is 1. The van der Waals surface area contributed by atoms with E-state index < -0.39 is 0 Å². The minimum absolute atomic E-state index is 0.0268. The van der Waals surface area contributed by atoms with Crippen LogP contribution in [0.5, 0.6) is 0 Å². The van der Waals surface area contributed by atoms with Crippen LogP contribution < -0.4 is 5.73 Å². The molecule has 6 heteroatoms. The molecule has 0 unspecified atom stereocenters. The lowest BCUT2D eigenvalue weighted by molar-refractivity contribution is -0.123. The van der Waals surface area contributed by atoms with E-state index in [0.29, 0.717) is 31.5 Å². The number of carbonyl (C=O) groups is 2. The molecule has 0 radical (unpaired) electrons. The van der Waals surface area contributed by atoms with Crippen molar-refractivity contribution in [3.63, 3.8) is 0 Å². The molecule has 0 bridgehead atoms. The third-order valence-corrected chi connectivity index (χ3v) is 3.14. The summed E-state index contributed by atoms with van der Waals surface area (Å²) in [5.74, 6) is -0.382. The largest absolute Gasteiger partial charge is 0.369 e. The van der Waals surface area contributed by atoms with Crippen molar-refractivity contribution in [2.45, 2.75) is 12.8 Å². The SMILES string of the molecule is Cn1cc(C(=O)N2CCC(C(N)=O)CC2)cn1. The number of aryl methyl sites for hydroxylation is 1. The summed E-state index contributed by atoms with van der Waals surface area (Å²) < 4.78 is 1.60. The molecule has 1 fully saturated rings. The highest BCUT2D eigenvalue weighted by Crippen LogP contribution is 2.18. The number of nitrogens with two attached hydrogens (primary N) is 1. The van der Waals surface area contributed by atoms with Gasteiger partial charge in [-0.25, -0.2) is 0 Å². The molecule has 6 nitrogen and oxygen atoms in total. The first-order valence-electron chi connectivity index (χ1n) is 5.65. The Hall–Kier alpha value is -1.85. The third kappa shape index (κ3) is 2.46. The Morgan fingerprint density at radius 1 is 1.41 bits per heavy atom. The average molecular weight is 236 g/mol. The summed E-state index contributed by atoms with van der Waals surface area (Å²) in [4.78, 5) is 24.8. The maximum absolute atomic E-state index is 12.0. The first-order valence-corrected chi connectivity index (χ1v) is 5.65. The van der Waals surface area contributed by atoms with Crippen LogP contribution in [0, 0.1) is 5.92 Å². The van der Waals surface area contributed by atoms with E-state index in [1.165, 1.54) is 0 Å². The molecule has 0 spiro atoms. The molecule has 2 rings (SSSR count). The topological polar surface area (TPSA) is 81.2 Å². The highest BCUT2D eigenvalue weighted by Gasteiger charge is 2.26. The van der Waals surface area contributed by atoms with Gasteiger partial charge < -0.3 is 10.6 Å². The predicted octanol–water partition coefficient (Wildman–Crippen LogP) is -0.242. The van der Waals surface area contributed by atoms with E-state index in [4.69, 9.17) is 5.73 Å². The molecule has 2 N–H and O–H groups in total. The standard InChI is InChI=1S/C11H16N4O2/c1-14-7-9(6-13-14)11(17)15-4-2-8(3-5-15)10(12)16/h6-8H,2-5H2,1H3,(H2,12,16). The van der Waals surface area contributed by atoms with Gasteiger partial charge in [0, 0.05) is 32.3 Å². The fourth-order valence-electron chi connectivity index (χ4n) is 2.08. The molecule has 2 amide bonds. The van der Waals surface area contributed by atoms with E-state index >= 15 is 0 Å². The van der Waals surface area contributed by atoms with Crippen molar-refractivity contribution in [1.29, 1.82) is 0 Å². The van der Waals surface area contributed by atoms with E-state index in [1.54, 1.807) is 29.0 Å². The zero-order valence-electron chi connectivity index (χ0n) is 9.80. The Labute approximate surface area is 99.4 Å². The lowest BCUT2D eigenvalue weighted by atomic mass is 9.96. The maximum atomic E-state index is 12.0. The number of piperidine rings is 1. The van der Waals surface area contributed by atoms with Crippen molar-refractivity contribution in [2.24, 2.45) is 18.7 Å². The minimum atomic E-state index is -0.265. The van der Waals surface area contributed by atoms with Gasteiger partial charge in [-0.15, -0.1) is 0 Å². The van der Waals surface area contributed by atoms with Crippen molar-refractivity contribution in [3.8, 4) is 0 Å². The lowest BCUT2D eigenvalue weighted by Gasteiger charge is -2.30. The molecule has 92 valence electrons. The van der Waals surface area contributed by atoms with Gasteiger partial charge in [0.2, 0.25) is 5.91 Å². The summed E-state index contributed by atoms with van der Waals surface area (Å²) >= 11 is 0. The smallest absolute Gasteiger partial charge is 0.257 e. The molecule has 0 aliphatic carbocycles. The van der Waals surface area contributed by atoms with Gasteiger partial charge in [0.15, 0.2) is 0 Å². The van der Waals surface area contributed by atoms with Crippen molar-refractivity contribution in [1.82, 2.24) is 14.7 Å². The molecule has 17 heavy (non-hydrogen) atoms. The second kappa shape index (κ2) is 4.57. The van der Waals surface area contributed by atoms with Crippen molar-refractivity contribution < 1.29 is 9.59 Å². The van der Waals surface area contributed by atoms with Gasteiger partial charge in [0.05, 0.1) is 11.8 Å². The summed E-state index contributed by atoms with van der Waals surface area (Å²) in [5, 5.41) is 3.97. The fraction of sp³-hybridized carbons (Fsp3) is 0.545. The van der Waals surface area contributed by atoms with Crippen LogP contribution >= 0.6 is 0 Å². The number of rotatable bonds is 2. The van der Waals surface area contributed by atoms with Gasteiger partial charge in [0.1, 0.15) is 0 Å². The van der Waals surface area contributed by atoms with Crippen LogP contribution in [0.15, 0.2) is 12.4 Å². The second-order valence-electron chi connectivity index (χ2n) is 4.37. The van der Waals surface area contributed by atoms with Gasteiger partial charge in [-0.3, -0.25) is 14.3 Å². The molecule has 0 atom stereocenters. The Balaban J connectivity index is 1.97. The van der Waals surface area contributed by atoms with E-state index in [9.17, 15) is 9.59 Å².